The minimum Gasteiger partial charge on any atom is -0.460 e. The summed E-state index contributed by atoms with van der Waals surface area (Å²) in [5, 5.41) is 7.28. The maximum absolute atomic E-state index is 7.28. The summed E-state index contributed by atoms with van der Waals surface area (Å²) in [6.45, 7) is 0. The fraction of sp³-hybridized carbons (Fsp3) is 0.545. The largest absolute Gasteiger partial charge is 0.460 e. The van der Waals surface area contributed by atoms with Gasteiger partial charge in [0.1, 0.15) is 17.6 Å². The highest BCUT2D eigenvalue weighted by molar-refractivity contribution is 5.92. The van der Waals surface area contributed by atoms with Crippen molar-refractivity contribution in [3.63, 3.8) is 0 Å². The molecule has 0 radical (unpaired) electrons. The molecule has 1 aromatic rings. The van der Waals surface area contributed by atoms with Gasteiger partial charge in [-0.1, -0.05) is 6.42 Å². The number of nitrogens with two attached hydrogens (primary N) is 1. The monoisotopic (exact) mass is 220 g/mol. The highest BCUT2D eigenvalue weighted by Crippen LogP contribution is 2.21. The third-order valence-electron chi connectivity index (χ3n) is 2.73. The van der Waals surface area contributed by atoms with Crippen molar-refractivity contribution in [2.45, 2.75) is 38.2 Å². The molecule has 1 aromatic heterocycles. The molecule has 0 aromatic carbocycles. The zero-order valence-corrected chi connectivity index (χ0v) is 9.15. The normalized spacial score (nSPS) is 17.0. The zero-order chi connectivity index (χ0) is 11.4. The molecule has 1 fully saturated rings. The standard InChI is InChI=1S/C11H16N4O/c12-10(13)9-6-7-14-11(15-9)16-8-4-2-1-3-5-8/h6-8H,1-5H2,(H3,12,13). The van der Waals surface area contributed by atoms with Gasteiger partial charge >= 0.3 is 6.01 Å². The summed E-state index contributed by atoms with van der Waals surface area (Å²) >= 11 is 0. The third-order valence-corrected chi connectivity index (χ3v) is 2.73. The van der Waals surface area contributed by atoms with Gasteiger partial charge < -0.3 is 10.5 Å². The van der Waals surface area contributed by atoms with E-state index >= 15 is 0 Å². The van der Waals surface area contributed by atoms with Gasteiger partial charge in [0.2, 0.25) is 0 Å². The van der Waals surface area contributed by atoms with Gasteiger partial charge in [-0.3, -0.25) is 5.41 Å². The molecule has 1 aliphatic rings. The Balaban J connectivity index is 2.02. The molecule has 0 aliphatic heterocycles. The Kier molecular flexibility index (Phi) is 3.34. The van der Waals surface area contributed by atoms with E-state index in [-0.39, 0.29) is 11.9 Å². The van der Waals surface area contributed by atoms with E-state index in [0.29, 0.717) is 11.7 Å². The van der Waals surface area contributed by atoms with E-state index in [1.807, 2.05) is 0 Å². The van der Waals surface area contributed by atoms with Crippen molar-refractivity contribution < 1.29 is 4.74 Å². The average Bonchev–Trinajstić information content (AvgIpc) is 2.30. The smallest absolute Gasteiger partial charge is 0.317 e. The first-order valence-electron chi connectivity index (χ1n) is 5.60. The van der Waals surface area contributed by atoms with Crippen LogP contribution < -0.4 is 10.5 Å². The first kappa shape index (κ1) is 10.9. The molecule has 1 aliphatic carbocycles. The maximum Gasteiger partial charge on any atom is 0.317 e. The summed E-state index contributed by atoms with van der Waals surface area (Å²) in [5.41, 5.74) is 5.77. The molecule has 2 rings (SSSR count). The summed E-state index contributed by atoms with van der Waals surface area (Å²) < 4.78 is 5.67. The SMILES string of the molecule is N=C(N)c1ccnc(OC2CCCCC2)n1. The number of nitrogens with zero attached hydrogens (tertiary/aromatic N) is 2. The fourth-order valence-electron chi connectivity index (χ4n) is 1.88. The van der Waals surface area contributed by atoms with Crippen molar-refractivity contribution >= 4 is 5.84 Å². The Bertz CT molecular complexity index is 374. The van der Waals surface area contributed by atoms with Crippen LogP contribution in [0.5, 0.6) is 6.01 Å². The predicted molar refractivity (Wildman–Crippen MR) is 60.5 cm³/mol. The van der Waals surface area contributed by atoms with Crippen LogP contribution in [0.4, 0.5) is 0 Å². The second-order valence-corrected chi connectivity index (χ2v) is 4.02. The third kappa shape index (κ3) is 2.68. The Labute approximate surface area is 94.6 Å². The maximum atomic E-state index is 7.28. The second-order valence-electron chi connectivity index (χ2n) is 4.02. The van der Waals surface area contributed by atoms with Crippen molar-refractivity contribution in [3.05, 3.63) is 18.0 Å². The highest BCUT2D eigenvalue weighted by atomic mass is 16.5. The van der Waals surface area contributed by atoms with Gasteiger partial charge in [0, 0.05) is 6.20 Å². The number of hydrogen-bond donors (Lipinski definition) is 2. The minimum absolute atomic E-state index is 0.0594. The molecule has 5 heteroatoms. The van der Waals surface area contributed by atoms with Gasteiger partial charge in [-0.05, 0) is 31.7 Å². The lowest BCUT2D eigenvalue weighted by Crippen LogP contribution is -2.21. The second kappa shape index (κ2) is 4.92. The Morgan fingerprint density at radius 1 is 1.38 bits per heavy atom. The number of rotatable bonds is 3. The van der Waals surface area contributed by atoms with E-state index in [4.69, 9.17) is 15.9 Å². The summed E-state index contributed by atoms with van der Waals surface area (Å²) in [6.07, 6.45) is 7.61. The van der Waals surface area contributed by atoms with Crippen LogP contribution in [0.25, 0.3) is 0 Å². The molecule has 0 bridgehead atoms. The van der Waals surface area contributed by atoms with Crippen molar-refractivity contribution in [3.8, 4) is 6.01 Å². The van der Waals surface area contributed by atoms with Gasteiger partial charge in [0.05, 0.1) is 0 Å². The van der Waals surface area contributed by atoms with Crippen LogP contribution in [0.2, 0.25) is 0 Å². The van der Waals surface area contributed by atoms with Crippen molar-refractivity contribution in [1.82, 2.24) is 9.97 Å². The van der Waals surface area contributed by atoms with Crippen LogP contribution in [0.1, 0.15) is 37.8 Å². The van der Waals surface area contributed by atoms with Gasteiger partial charge in [-0.25, -0.2) is 4.98 Å². The molecule has 16 heavy (non-hydrogen) atoms. The van der Waals surface area contributed by atoms with Crippen LogP contribution in [0.3, 0.4) is 0 Å². The van der Waals surface area contributed by atoms with Gasteiger partial charge in [-0.15, -0.1) is 0 Å². The number of ether oxygens (including phenoxy) is 1. The lowest BCUT2D eigenvalue weighted by atomic mass is 9.98. The predicted octanol–water partition coefficient (Wildman–Crippen LogP) is 1.47. The molecule has 0 atom stereocenters. The minimum atomic E-state index is -0.0594. The number of nitrogen functional groups attached to an aromatic ring is 1. The number of amidine groups is 1. The topological polar surface area (TPSA) is 84.9 Å². The number of hydrogen-bond acceptors (Lipinski definition) is 4. The molecule has 5 nitrogen and oxygen atoms in total. The molecule has 0 saturated heterocycles. The molecule has 3 N–H and O–H groups in total. The van der Waals surface area contributed by atoms with Crippen LogP contribution in [0.15, 0.2) is 12.3 Å². The van der Waals surface area contributed by atoms with E-state index in [2.05, 4.69) is 9.97 Å². The van der Waals surface area contributed by atoms with Crippen molar-refractivity contribution in [1.29, 1.82) is 5.41 Å². The average molecular weight is 220 g/mol. The molecule has 1 saturated carbocycles. The van der Waals surface area contributed by atoms with Gasteiger partial charge in [0.25, 0.3) is 0 Å². The van der Waals surface area contributed by atoms with E-state index in [1.54, 1.807) is 12.3 Å². The number of aromatic nitrogens is 2. The summed E-state index contributed by atoms with van der Waals surface area (Å²) in [7, 11) is 0. The quantitative estimate of drug-likeness (QED) is 0.596. The van der Waals surface area contributed by atoms with Crippen molar-refractivity contribution in [2.75, 3.05) is 0 Å². The molecule has 0 amide bonds. The molecular weight excluding hydrogens is 204 g/mol. The lowest BCUT2D eigenvalue weighted by Gasteiger charge is -2.21. The number of nitrogens with one attached hydrogen (secondary N) is 1. The highest BCUT2D eigenvalue weighted by Gasteiger charge is 2.16. The van der Waals surface area contributed by atoms with Crippen molar-refractivity contribution in [2.24, 2.45) is 5.73 Å². The zero-order valence-electron chi connectivity index (χ0n) is 9.15. The lowest BCUT2D eigenvalue weighted by molar-refractivity contribution is 0.141. The first-order chi connectivity index (χ1) is 7.75. The van der Waals surface area contributed by atoms with E-state index in [1.165, 1.54) is 19.3 Å². The van der Waals surface area contributed by atoms with Crippen LogP contribution >= 0.6 is 0 Å². The Morgan fingerprint density at radius 3 is 2.81 bits per heavy atom. The Hall–Kier alpha value is -1.65. The molecule has 0 spiro atoms. The van der Waals surface area contributed by atoms with Crippen LogP contribution in [-0.2, 0) is 0 Å². The van der Waals surface area contributed by atoms with Crippen LogP contribution in [-0.4, -0.2) is 21.9 Å². The van der Waals surface area contributed by atoms with E-state index < -0.39 is 0 Å². The van der Waals surface area contributed by atoms with E-state index in [9.17, 15) is 0 Å². The summed E-state index contributed by atoms with van der Waals surface area (Å²) in [4.78, 5) is 8.11. The fourth-order valence-corrected chi connectivity index (χ4v) is 1.88. The summed E-state index contributed by atoms with van der Waals surface area (Å²) in [6, 6.07) is 1.94. The molecule has 0 unspecified atom stereocenters. The molecule has 1 heterocycles. The Morgan fingerprint density at radius 2 is 2.12 bits per heavy atom. The first-order valence-corrected chi connectivity index (χ1v) is 5.60. The molecular formula is C11H16N4O. The molecule has 86 valence electrons. The van der Waals surface area contributed by atoms with Gasteiger partial charge in [0.15, 0.2) is 0 Å². The summed E-state index contributed by atoms with van der Waals surface area (Å²) in [5.74, 6) is -0.0594. The van der Waals surface area contributed by atoms with Gasteiger partial charge in [-0.2, -0.15) is 4.98 Å². The van der Waals surface area contributed by atoms with E-state index in [0.717, 1.165) is 12.8 Å². The van der Waals surface area contributed by atoms with Crippen LogP contribution in [0, 0.1) is 5.41 Å².